The van der Waals surface area contributed by atoms with Crippen molar-refractivity contribution in [3.8, 4) is 0 Å². The highest BCUT2D eigenvalue weighted by Gasteiger charge is 2.19. The highest BCUT2D eigenvalue weighted by molar-refractivity contribution is 7.99. The Hall–Kier alpha value is -2.75. The van der Waals surface area contributed by atoms with Gasteiger partial charge in [0.25, 0.3) is 0 Å². The molecule has 0 fully saturated rings. The quantitative estimate of drug-likeness (QED) is 0.215. The van der Waals surface area contributed by atoms with E-state index in [9.17, 15) is 10.1 Å². The largest absolute Gasteiger partial charge is 0.409 e. The summed E-state index contributed by atoms with van der Waals surface area (Å²) in [6, 6.07) is 2.90. The van der Waals surface area contributed by atoms with Crippen molar-refractivity contribution in [3.05, 3.63) is 45.9 Å². The maximum atomic E-state index is 11.1. The van der Waals surface area contributed by atoms with Gasteiger partial charge in [0.1, 0.15) is 0 Å². The molecule has 0 unspecified atom stereocenters. The van der Waals surface area contributed by atoms with Gasteiger partial charge in [0.2, 0.25) is 0 Å². The van der Waals surface area contributed by atoms with E-state index in [1.54, 1.807) is 19.2 Å². The zero-order valence-electron chi connectivity index (χ0n) is 10.8. The van der Waals surface area contributed by atoms with Crippen molar-refractivity contribution >= 4 is 23.3 Å². The highest BCUT2D eigenvalue weighted by Crippen LogP contribution is 2.31. The van der Waals surface area contributed by atoms with E-state index < -0.39 is 4.92 Å². The summed E-state index contributed by atoms with van der Waals surface area (Å²) in [6.45, 7) is 1.79. The van der Waals surface area contributed by atoms with E-state index in [4.69, 9.17) is 10.9 Å². The summed E-state index contributed by atoms with van der Waals surface area (Å²) < 4.78 is 0. The van der Waals surface area contributed by atoms with Crippen molar-refractivity contribution in [2.45, 2.75) is 17.1 Å². The summed E-state index contributed by atoms with van der Waals surface area (Å²) in [5.74, 6) is -0.256. The number of hydrogen-bond donors (Lipinski definition) is 2. The Kier molecular flexibility index (Phi) is 4.28. The number of nitro groups is 1. The lowest BCUT2D eigenvalue weighted by atomic mass is 10.2. The van der Waals surface area contributed by atoms with Crippen molar-refractivity contribution in [2.24, 2.45) is 10.9 Å². The third kappa shape index (κ3) is 3.42. The minimum Gasteiger partial charge on any atom is -0.409 e. The number of nitrogens with zero attached hydrogens (tertiary/aromatic N) is 5. The van der Waals surface area contributed by atoms with Crippen LogP contribution in [0.5, 0.6) is 0 Å². The molecule has 0 aromatic carbocycles. The molecule has 2 rings (SSSR count). The molecule has 21 heavy (non-hydrogen) atoms. The average molecular weight is 306 g/mol. The lowest BCUT2D eigenvalue weighted by Crippen LogP contribution is -2.14. The lowest BCUT2D eigenvalue weighted by molar-refractivity contribution is -0.388. The molecular formula is C11H10N6O3S. The maximum Gasteiger partial charge on any atom is 0.302 e. The number of hydrogen-bond acceptors (Lipinski definition) is 8. The molecule has 0 saturated heterocycles. The Morgan fingerprint density at radius 2 is 2.29 bits per heavy atom. The fourth-order valence-electron chi connectivity index (χ4n) is 1.41. The Labute approximate surface area is 123 Å². The predicted octanol–water partition coefficient (Wildman–Crippen LogP) is 1.33. The second-order valence-electron chi connectivity index (χ2n) is 3.87. The van der Waals surface area contributed by atoms with Crippen LogP contribution in [0.3, 0.4) is 0 Å². The molecule has 0 saturated carbocycles. The number of aromatic nitrogens is 3. The number of pyridine rings is 1. The van der Waals surface area contributed by atoms with Crippen molar-refractivity contribution in [1.29, 1.82) is 0 Å². The summed E-state index contributed by atoms with van der Waals surface area (Å²) >= 11 is 0.967. The molecule has 0 bridgehead atoms. The SMILES string of the molecule is Cc1ccnc(Sc2ncc(/C(N)=N/O)cc2[N+](=O)[O-])n1. The molecule has 10 heteroatoms. The van der Waals surface area contributed by atoms with E-state index in [0.717, 1.165) is 17.5 Å². The molecule has 0 amide bonds. The Bertz CT molecular complexity index is 721. The van der Waals surface area contributed by atoms with E-state index in [1.165, 1.54) is 12.3 Å². The van der Waals surface area contributed by atoms with Crippen LogP contribution in [0.1, 0.15) is 11.3 Å². The lowest BCUT2D eigenvalue weighted by Gasteiger charge is -2.03. The first-order valence-electron chi connectivity index (χ1n) is 5.61. The first kappa shape index (κ1) is 14.7. The second kappa shape index (κ2) is 6.13. The van der Waals surface area contributed by atoms with E-state index in [2.05, 4.69) is 20.1 Å². The number of nitrogens with two attached hydrogens (primary N) is 1. The van der Waals surface area contributed by atoms with Crippen LogP contribution < -0.4 is 5.73 Å². The molecule has 9 nitrogen and oxygen atoms in total. The van der Waals surface area contributed by atoms with Gasteiger partial charge in [-0.15, -0.1) is 0 Å². The molecular weight excluding hydrogens is 296 g/mol. The maximum absolute atomic E-state index is 11.1. The molecule has 2 aromatic heterocycles. The summed E-state index contributed by atoms with van der Waals surface area (Å²) in [5, 5.41) is 23.0. The van der Waals surface area contributed by atoms with Crippen molar-refractivity contribution in [1.82, 2.24) is 15.0 Å². The minimum atomic E-state index is -0.598. The Morgan fingerprint density at radius 1 is 1.52 bits per heavy atom. The van der Waals surface area contributed by atoms with Gasteiger partial charge in [-0.05, 0) is 24.8 Å². The van der Waals surface area contributed by atoms with Crippen LogP contribution in [0.2, 0.25) is 0 Å². The van der Waals surface area contributed by atoms with Crippen molar-refractivity contribution in [2.75, 3.05) is 0 Å². The topological polar surface area (TPSA) is 140 Å². The van der Waals surface area contributed by atoms with Crippen LogP contribution >= 0.6 is 11.8 Å². The molecule has 3 N–H and O–H groups in total. The summed E-state index contributed by atoms with van der Waals surface area (Å²) in [7, 11) is 0. The van der Waals surface area contributed by atoms with Crippen LogP contribution in [0.4, 0.5) is 5.69 Å². The molecule has 108 valence electrons. The van der Waals surface area contributed by atoms with Crippen molar-refractivity contribution in [3.63, 3.8) is 0 Å². The fourth-order valence-corrected chi connectivity index (χ4v) is 2.23. The monoisotopic (exact) mass is 306 g/mol. The van der Waals surface area contributed by atoms with Gasteiger partial charge in [-0.2, -0.15) is 0 Å². The van der Waals surface area contributed by atoms with E-state index in [0.29, 0.717) is 5.16 Å². The molecule has 0 atom stereocenters. The normalized spacial score (nSPS) is 11.4. The van der Waals surface area contributed by atoms with Gasteiger partial charge in [0.05, 0.1) is 4.92 Å². The minimum absolute atomic E-state index is 0.125. The molecule has 2 aromatic rings. The number of aryl methyl sites for hydroxylation is 1. The number of rotatable bonds is 4. The Morgan fingerprint density at radius 3 is 2.90 bits per heavy atom. The van der Waals surface area contributed by atoms with Crippen LogP contribution in [-0.2, 0) is 0 Å². The summed E-state index contributed by atoms with van der Waals surface area (Å²) in [5.41, 5.74) is 6.01. The second-order valence-corrected chi connectivity index (χ2v) is 4.83. The van der Waals surface area contributed by atoms with E-state index >= 15 is 0 Å². The zero-order valence-corrected chi connectivity index (χ0v) is 11.6. The smallest absolute Gasteiger partial charge is 0.302 e. The average Bonchev–Trinajstić information content (AvgIpc) is 2.46. The molecule has 0 aliphatic rings. The molecule has 0 spiro atoms. The van der Waals surface area contributed by atoms with Gasteiger partial charge in [0, 0.05) is 29.7 Å². The van der Waals surface area contributed by atoms with Gasteiger partial charge in [0.15, 0.2) is 16.0 Å². The predicted molar refractivity (Wildman–Crippen MR) is 74.3 cm³/mol. The zero-order chi connectivity index (χ0) is 15.4. The van der Waals surface area contributed by atoms with Gasteiger partial charge in [-0.1, -0.05) is 5.16 Å². The molecule has 2 heterocycles. The van der Waals surface area contributed by atoms with Gasteiger partial charge in [-0.25, -0.2) is 15.0 Å². The Balaban J connectivity index is 2.41. The van der Waals surface area contributed by atoms with Crippen LogP contribution in [0.15, 0.2) is 39.9 Å². The van der Waals surface area contributed by atoms with Gasteiger partial charge >= 0.3 is 5.69 Å². The summed E-state index contributed by atoms with van der Waals surface area (Å²) in [6.07, 6.45) is 2.83. The van der Waals surface area contributed by atoms with Crippen molar-refractivity contribution < 1.29 is 10.1 Å². The fraction of sp³-hybridized carbons (Fsp3) is 0.0909. The molecule has 0 radical (unpaired) electrons. The third-order valence-corrected chi connectivity index (χ3v) is 3.28. The number of oxime groups is 1. The van der Waals surface area contributed by atoms with Crippen LogP contribution in [0, 0.1) is 17.0 Å². The van der Waals surface area contributed by atoms with E-state index in [-0.39, 0.29) is 22.1 Å². The molecule has 0 aliphatic carbocycles. The van der Waals surface area contributed by atoms with Gasteiger partial charge in [-0.3, -0.25) is 10.1 Å². The third-order valence-electron chi connectivity index (χ3n) is 2.39. The molecule has 0 aliphatic heterocycles. The van der Waals surface area contributed by atoms with E-state index in [1.807, 2.05) is 0 Å². The number of amidine groups is 1. The standard InChI is InChI=1S/C11H10N6O3S/c1-6-2-3-13-11(15-6)21-10-8(17(19)20)4-7(5-14-10)9(12)16-18/h2-5,18H,1H3,(H2,12,16). The first-order valence-corrected chi connectivity index (χ1v) is 6.42. The summed E-state index contributed by atoms with van der Waals surface area (Å²) in [4.78, 5) is 22.6. The van der Waals surface area contributed by atoms with Crippen LogP contribution in [-0.4, -0.2) is 30.9 Å². The van der Waals surface area contributed by atoms with Crippen LogP contribution in [0.25, 0.3) is 0 Å². The highest BCUT2D eigenvalue weighted by atomic mass is 32.2. The van der Waals surface area contributed by atoms with Gasteiger partial charge < -0.3 is 10.9 Å². The first-order chi connectivity index (χ1) is 10.0.